The van der Waals surface area contributed by atoms with Gasteiger partial charge in [-0.3, -0.25) is 4.79 Å². The van der Waals surface area contributed by atoms with Gasteiger partial charge >= 0.3 is 5.97 Å². The number of ether oxygens (including phenoxy) is 2. The Morgan fingerprint density at radius 1 is 0.881 bits per heavy atom. The lowest BCUT2D eigenvalue weighted by Crippen LogP contribution is -2.31. The summed E-state index contributed by atoms with van der Waals surface area (Å²) < 4.78 is 12.9. The van der Waals surface area contributed by atoms with Crippen molar-refractivity contribution in [1.29, 1.82) is 0 Å². The lowest BCUT2D eigenvalue weighted by molar-refractivity contribution is -0.245. The van der Waals surface area contributed by atoms with Crippen LogP contribution in [0.25, 0.3) is 11.1 Å². The van der Waals surface area contributed by atoms with Crippen molar-refractivity contribution < 1.29 is 29.3 Å². The topological polar surface area (TPSA) is 105 Å². The highest BCUT2D eigenvalue weighted by molar-refractivity contribution is 7.99. The minimum absolute atomic E-state index is 0.0161. The molecule has 1 saturated heterocycles. The highest BCUT2D eigenvalue weighted by atomic mass is 32.2. The second-order valence-electron chi connectivity index (χ2n) is 10.2. The van der Waals surface area contributed by atoms with Crippen LogP contribution in [0.4, 0.5) is 0 Å². The van der Waals surface area contributed by atoms with Crippen LogP contribution in [0, 0.1) is 0 Å². The number of aromatic carboxylic acids is 1. The lowest BCUT2D eigenvalue weighted by atomic mass is 9.98. The molecular formula is C34H33NO6S. The largest absolute Gasteiger partial charge is 0.478 e. The Kier molecular flexibility index (Phi) is 9.71. The number of thioether (sulfide) groups is 1. The quantitative estimate of drug-likeness (QED) is 0.183. The number of carboxylic acid groups (broad SMARTS) is 1. The number of carbonyl (C=O) groups excluding carboxylic acids is 1. The Balaban J connectivity index is 1.35. The summed E-state index contributed by atoms with van der Waals surface area (Å²) in [6, 6.07) is 30.8. The molecule has 1 heterocycles. The van der Waals surface area contributed by atoms with Gasteiger partial charge in [-0.05, 0) is 52.1 Å². The standard InChI is InChI=1S/C34H33NO6S/c1-22(37)35-19-28-4-2-3-5-31(28)24-10-12-27(13-11-24)34-40-29(21-42-30-16-14-26(15-17-30)33(38)39)18-32(41-34)25-8-6-23(20-36)7-9-25/h2-17,29,32,34,36H,18-21H2,1H3,(H,35,37)(H,38,39). The molecule has 5 rings (SSSR count). The Morgan fingerprint density at radius 3 is 2.24 bits per heavy atom. The van der Waals surface area contributed by atoms with Crippen molar-refractivity contribution >= 4 is 23.6 Å². The van der Waals surface area contributed by atoms with E-state index < -0.39 is 12.3 Å². The van der Waals surface area contributed by atoms with Gasteiger partial charge in [0.05, 0.1) is 24.4 Å². The minimum Gasteiger partial charge on any atom is -0.478 e. The fourth-order valence-electron chi connectivity index (χ4n) is 4.90. The van der Waals surface area contributed by atoms with E-state index in [0.717, 1.165) is 38.3 Å². The Morgan fingerprint density at radius 2 is 1.57 bits per heavy atom. The molecule has 4 aromatic rings. The summed E-state index contributed by atoms with van der Waals surface area (Å²) in [7, 11) is 0. The molecule has 0 aromatic heterocycles. The first-order valence-electron chi connectivity index (χ1n) is 13.8. The van der Waals surface area contributed by atoms with Crippen LogP contribution >= 0.6 is 11.8 Å². The van der Waals surface area contributed by atoms with E-state index in [1.807, 2.05) is 84.9 Å². The molecular weight excluding hydrogens is 550 g/mol. The number of rotatable bonds is 10. The van der Waals surface area contributed by atoms with Gasteiger partial charge in [-0.1, -0.05) is 72.8 Å². The van der Waals surface area contributed by atoms with E-state index in [1.54, 1.807) is 23.9 Å². The van der Waals surface area contributed by atoms with Gasteiger partial charge < -0.3 is 25.0 Å². The minimum atomic E-state index is -0.945. The van der Waals surface area contributed by atoms with Gasteiger partial charge in [0.2, 0.25) is 5.91 Å². The molecule has 0 saturated carbocycles. The molecule has 4 aromatic carbocycles. The van der Waals surface area contributed by atoms with Crippen molar-refractivity contribution in [2.75, 3.05) is 5.75 Å². The van der Waals surface area contributed by atoms with Gasteiger partial charge in [-0.2, -0.15) is 0 Å². The van der Waals surface area contributed by atoms with Gasteiger partial charge in [0.15, 0.2) is 6.29 Å². The molecule has 42 heavy (non-hydrogen) atoms. The maximum atomic E-state index is 11.5. The maximum Gasteiger partial charge on any atom is 0.335 e. The molecule has 3 N–H and O–H groups in total. The number of aliphatic hydroxyl groups excluding tert-OH is 1. The van der Waals surface area contributed by atoms with Crippen LogP contribution < -0.4 is 5.32 Å². The molecule has 3 atom stereocenters. The summed E-state index contributed by atoms with van der Waals surface area (Å²) in [5, 5.41) is 21.5. The number of carbonyl (C=O) groups is 2. The number of amides is 1. The van der Waals surface area contributed by atoms with Crippen LogP contribution in [-0.4, -0.2) is 33.9 Å². The van der Waals surface area contributed by atoms with Crippen LogP contribution in [0.3, 0.4) is 0 Å². The number of nitrogens with one attached hydrogen (secondary N) is 1. The summed E-state index contributed by atoms with van der Waals surface area (Å²) in [4.78, 5) is 23.6. The van der Waals surface area contributed by atoms with E-state index in [4.69, 9.17) is 9.47 Å². The molecule has 0 aliphatic carbocycles. The fourth-order valence-corrected chi connectivity index (χ4v) is 5.82. The zero-order valence-electron chi connectivity index (χ0n) is 23.2. The Labute approximate surface area is 249 Å². The van der Waals surface area contributed by atoms with Crippen LogP contribution in [-0.2, 0) is 27.4 Å². The molecule has 1 fully saturated rings. The summed E-state index contributed by atoms with van der Waals surface area (Å²) >= 11 is 1.62. The third-order valence-corrected chi connectivity index (χ3v) is 8.34. The zero-order chi connectivity index (χ0) is 29.5. The number of hydrogen-bond acceptors (Lipinski definition) is 6. The third kappa shape index (κ3) is 7.46. The summed E-state index contributed by atoms with van der Waals surface area (Å²) in [6.45, 7) is 1.95. The molecule has 0 bridgehead atoms. The maximum absolute atomic E-state index is 11.5. The zero-order valence-corrected chi connectivity index (χ0v) is 24.1. The fraction of sp³-hybridized carbons (Fsp3) is 0.235. The predicted octanol–water partition coefficient (Wildman–Crippen LogP) is 6.52. The lowest BCUT2D eigenvalue weighted by Gasteiger charge is -2.36. The molecule has 7 nitrogen and oxygen atoms in total. The second-order valence-corrected chi connectivity index (χ2v) is 11.3. The first-order chi connectivity index (χ1) is 20.4. The van der Waals surface area contributed by atoms with E-state index >= 15 is 0 Å². The van der Waals surface area contributed by atoms with E-state index in [-0.39, 0.29) is 30.3 Å². The Hall–Kier alpha value is -3.95. The van der Waals surface area contributed by atoms with Gasteiger partial charge in [0.25, 0.3) is 0 Å². The van der Waals surface area contributed by atoms with Gasteiger partial charge in [-0.15, -0.1) is 11.8 Å². The molecule has 8 heteroatoms. The molecule has 1 aliphatic rings. The van der Waals surface area contributed by atoms with E-state index in [9.17, 15) is 19.8 Å². The van der Waals surface area contributed by atoms with Crippen LogP contribution in [0.2, 0.25) is 0 Å². The molecule has 1 amide bonds. The van der Waals surface area contributed by atoms with Crippen molar-refractivity contribution in [2.45, 2.75) is 49.9 Å². The van der Waals surface area contributed by atoms with E-state index in [2.05, 4.69) is 5.32 Å². The summed E-state index contributed by atoms with van der Waals surface area (Å²) in [5.41, 5.74) is 6.13. The predicted molar refractivity (Wildman–Crippen MR) is 162 cm³/mol. The van der Waals surface area contributed by atoms with Gasteiger partial charge in [0.1, 0.15) is 0 Å². The first kappa shape index (κ1) is 29.5. The molecule has 3 unspecified atom stereocenters. The monoisotopic (exact) mass is 583 g/mol. The van der Waals surface area contributed by atoms with Gasteiger partial charge in [-0.25, -0.2) is 4.79 Å². The van der Waals surface area contributed by atoms with Crippen molar-refractivity contribution in [3.63, 3.8) is 0 Å². The Bertz CT molecular complexity index is 1500. The number of benzene rings is 4. The molecule has 216 valence electrons. The molecule has 1 aliphatic heterocycles. The van der Waals surface area contributed by atoms with Gasteiger partial charge in [0, 0.05) is 36.1 Å². The van der Waals surface area contributed by atoms with Crippen molar-refractivity contribution in [3.8, 4) is 11.1 Å². The molecule has 0 radical (unpaired) electrons. The average molecular weight is 584 g/mol. The SMILES string of the molecule is CC(=O)NCc1ccccc1-c1ccc(C2OC(CSc3ccc(C(=O)O)cc3)CC(c3ccc(CO)cc3)O2)cc1. The van der Waals surface area contributed by atoms with E-state index in [1.165, 1.54) is 6.92 Å². The second kappa shape index (κ2) is 13.8. The van der Waals surface area contributed by atoms with Crippen LogP contribution in [0.1, 0.15) is 58.4 Å². The first-order valence-corrected chi connectivity index (χ1v) is 14.8. The third-order valence-electron chi connectivity index (χ3n) is 7.19. The number of aliphatic hydroxyl groups is 1. The van der Waals surface area contributed by atoms with Crippen LogP contribution in [0.5, 0.6) is 0 Å². The highest BCUT2D eigenvalue weighted by Gasteiger charge is 2.32. The summed E-state index contributed by atoms with van der Waals surface area (Å²) in [5.74, 6) is -0.344. The van der Waals surface area contributed by atoms with Crippen molar-refractivity contribution in [3.05, 3.63) is 125 Å². The van der Waals surface area contributed by atoms with E-state index in [0.29, 0.717) is 18.7 Å². The smallest absolute Gasteiger partial charge is 0.335 e. The normalized spacial score (nSPS) is 18.4. The number of carboxylic acids is 1. The highest BCUT2D eigenvalue weighted by Crippen LogP contribution is 2.40. The average Bonchev–Trinajstić information content (AvgIpc) is 3.03. The summed E-state index contributed by atoms with van der Waals surface area (Å²) in [6.07, 6.45) is -0.239. The number of hydrogen-bond donors (Lipinski definition) is 3. The van der Waals surface area contributed by atoms with Crippen LogP contribution in [0.15, 0.2) is 102 Å². The molecule has 0 spiro atoms. The van der Waals surface area contributed by atoms with Crippen molar-refractivity contribution in [2.24, 2.45) is 0 Å². The van der Waals surface area contributed by atoms with Crippen molar-refractivity contribution in [1.82, 2.24) is 5.32 Å².